The summed E-state index contributed by atoms with van der Waals surface area (Å²) in [5.74, 6) is 0.848. The standard InChI is InChI=1S/C29H32N2O3S/c1-21(2)19-30(27(32)14-9-22-7-5-4-6-8-22)20-28(33)31-17-15-26-25(16-18-35-26)29(31)23-10-12-24(34-3)13-11-23/h4-14,16,18,21,29H,15,17,19-20H2,1-3H3. The summed E-state index contributed by atoms with van der Waals surface area (Å²) in [6.07, 6.45) is 4.20. The first kappa shape index (κ1) is 24.7. The minimum atomic E-state index is -0.167. The van der Waals surface area contributed by atoms with Crippen LogP contribution in [0.25, 0.3) is 6.08 Å². The van der Waals surface area contributed by atoms with E-state index in [4.69, 9.17) is 4.74 Å². The SMILES string of the molecule is COc1ccc(C2c3ccsc3CCN2C(=O)CN(CC(C)C)C(=O)C=Cc2ccccc2)cc1. The van der Waals surface area contributed by atoms with Crippen LogP contribution >= 0.6 is 11.3 Å². The second-order valence-corrected chi connectivity index (χ2v) is 10.2. The van der Waals surface area contributed by atoms with E-state index in [-0.39, 0.29) is 30.3 Å². The van der Waals surface area contributed by atoms with Crippen molar-refractivity contribution in [1.29, 1.82) is 0 Å². The van der Waals surface area contributed by atoms with Crippen molar-refractivity contribution in [3.8, 4) is 5.75 Å². The number of amides is 2. The Morgan fingerprint density at radius 1 is 1.11 bits per heavy atom. The molecule has 0 spiro atoms. The number of carbonyl (C=O) groups excluding carboxylic acids is 2. The Morgan fingerprint density at radius 2 is 1.86 bits per heavy atom. The summed E-state index contributed by atoms with van der Waals surface area (Å²) in [6.45, 7) is 5.33. The van der Waals surface area contributed by atoms with Gasteiger partial charge in [-0.1, -0.05) is 56.3 Å². The van der Waals surface area contributed by atoms with Crippen molar-refractivity contribution >= 4 is 29.2 Å². The molecular weight excluding hydrogens is 456 g/mol. The summed E-state index contributed by atoms with van der Waals surface area (Å²) in [5.41, 5.74) is 3.17. The highest BCUT2D eigenvalue weighted by atomic mass is 32.1. The minimum absolute atomic E-state index is 0.0372. The second kappa shape index (κ2) is 11.4. The predicted molar refractivity (Wildman–Crippen MR) is 141 cm³/mol. The Labute approximate surface area is 211 Å². The molecule has 5 nitrogen and oxygen atoms in total. The van der Waals surface area contributed by atoms with Gasteiger partial charge in [0.25, 0.3) is 0 Å². The highest BCUT2D eigenvalue weighted by Crippen LogP contribution is 2.38. The van der Waals surface area contributed by atoms with Gasteiger partial charge in [0, 0.05) is 24.0 Å². The molecule has 0 bridgehead atoms. The molecule has 0 saturated carbocycles. The van der Waals surface area contributed by atoms with Crippen LogP contribution in [0.15, 0.2) is 72.1 Å². The highest BCUT2D eigenvalue weighted by molar-refractivity contribution is 7.10. The average Bonchev–Trinajstić information content (AvgIpc) is 3.35. The quantitative estimate of drug-likeness (QED) is 0.398. The maximum absolute atomic E-state index is 13.7. The largest absolute Gasteiger partial charge is 0.497 e. The lowest BCUT2D eigenvalue weighted by molar-refractivity contribution is -0.140. The molecule has 2 amide bonds. The predicted octanol–water partition coefficient (Wildman–Crippen LogP) is 5.43. The Kier molecular flexibility index (Phi) is 8.03. The van der Waals surface area contributed by atoms with Crippen molar-refractivity contribution < 1.29 is 14.3 Å². The van der Waals surface area contributed by atoms with E-state index in [1.807, 2.05) is 59.5 Å². The number of hydrogen-bond acceptors (Lipinski definition) is 4. The molecule has 0 fully saturated rings. The molecule has 1 aliphatic heterocycles. The third-order valence-corrected chi connectivity index (χ3v) is 7.16. The fraction of sp³-hybridized carbons (Fsp3) is 0.310. The minimum Gasteiger partial charge on any atom is -0.497 e. The normalized spacial score (nSPS) is 15.3. The van der Waals surface area contributed by atoms with Gasteiger partial charge in [-0.25, -0.2) is 0 Å². The zero-order valence-corrected chi connectivity index (χ0v) is 21.3. The molecule has 1 unspecified atom stereocenters. The average molecular weight is 489 g/mol. The van der Waals surface area contributed by atoms with Gasteiger partial charge in [-0.3, -0.25) is 9.59 Å². The molecular formula is C29H32N2O3S. The van der Waals surface area contributed by atoms with E-state index >= 15 is 0 Å². The van der Waals surface area contributed by atoms with Crippen molar-refractivity contribution in [3.05, 3.63) is 93.7 Å². The molecule has 0 saturated heterocycles. The molecule has 1 atom stereocenters. The van der Waals surface area contributed by atoms with Gasteiger partial charge < -0.3 is 14.5 Å². The first-order valence-electron chi connectivity index (χ1n) is 12.0. The third kappa shape index (κ3) is 6.01. The maximum Gasteiger partial charge on any atom is 0.247 e. The molecule has 0 aliphatic carbocycles. The molecule has 1 aromatic heterocycles. The zero-order chi connectivity index (χ0) is 24.8. The van der Waals surface area contributed by atoms with Crippen molar-refractivity contribution in [3.63, 3.8) is 0 Å². The monoisotopic (exact) mass is 488 g/mol. The first-order chi connectivity index (χ1) is 17.0. The van der Waals surface area contributed by atoms with E-state index in [0.717, 1.165) is 23.3 Å². The molecule has 0 radical (unpaired) electrons. The molecule has 182 valence electrons. The van der Waals surface area contributed by atoms with E-state index in [2.05, 4.69) is 25.3 Å². The Bertz CT molecular complexity index is 1170. The first-order valence-corrected chi connectivity index (χ1v) is 12.9. The van der Waals surface area contributed by atoms with Crippen LogP contribution in [0, 0.1) is 5.92 Å². The van der Waals surface area contributed by atoms with Gasteiger partial charge in [0.1, 0.15) is 12.3 Å². The van der Waals surface area contributed by atoms with E-state index < -0.39 is 0 Å². The fourth-order valence-electron chi connectivity index (χ4n) is 4.50. The number of thiophene rings is 1. The van der Waals surface area contributed by atoms with Gasteiger partial charge in [0.15, 0.2) is 0 Å². The Balaban J connectivity index is 1.56. The molecule has 35 heavy (non-hydrogen) atoms. The summed E-state index contributed by atoms with van der Waals surface area (Å²) in [6, 6.07) is 19.6. The summed E-state index contributed by atoms with van der Waals surface area (Å²) < 4.78 is 5.33. The lowest BCUT2D eigenvalue weighted by Crippen LogP contribution is -2.47. The third-order valence-electron chi connectivity index (χ3n) is 6.16. The number of carbonyl (C=O) groups is 2. The van der Waals surface area contributed by atoms with Crippen LogP contribution in [0.5, 0.6) is 5.75 Å². The van der Waals surface area contributed by atoms with Crippen molar-refractivity contribution in [2.75, 3.05) is 26.7 Å². The molecule has 2 aromatic carbocycles. The number of fused-ring (bicyclic) bond motifs is 1. The fourth-order valence-corrected chi connectivity index (χ4v) is 5.40. The van der Waals surface area contributed by atoms with Gasteiger partial charge in [-0.05, 0) is 58.7 Å². The summed E-state index contributed by atoms with van der Waals surface area (Å²) in [7, 11) is 1.65. The number of nitrogens with zero attached hydrogens (tertiary/aromatic N) is 2. The van der Waals surface area contributed by atoms with Crippen LogP contribution < -0.4 is 4.74 Å². The summed E-state index contributed by atoms with van der Waals surface area (Å²) in [4.78, 5) is 31.7. The Hall–Kier alpha value is -3.38. The van der Waals surface area contributed by atoms with Gasteiger partial charge >= 0.3 is 0 Å². The number of methoxy groups -OCH3 is 1. The van der Waals surface area contributed by atoms with Crippen molar-refractivity contribution in [2.24, 2.45) is 5.92 Å². The Morgan fingerprint density at radius 3 is 2.54 bits per heavy atom. The van der Waals surface area contributed by atoms with Crippen LogP contribution in [0.1, 0.15) is 41.5 Å². The summed E-state index contributed by atoms with van der Waals surface area (Å²) in [5, 5.41) is 2.10. The molecule has 0 N–H and O–H groups in total. The molecule has 3 aromatic rings. The second-order valence-electron chi connectivity index (χ2n) is 9.17. The molecule has 1 aliphatic rings. The molecule has 6 heteroatoms. The van der Waals surface area contributed by atoms with E-state index in [9.17, 15) is 9.59 Å². The van der Waals surface area contributed by atoms with Crippen LogP contribution in [-0.2, 0) is 16.0 Å². The van der Waals surface area contributed by atoms with E-state index in [0.29, 0.717) is 13.1 Å². The van der Waals surface area contributed by atoms with Gasteiger partial charge in [-0.15, -0.1) is 11.3 Å². The maximum atomic E-state index is 13.7. The number of rotatable bonds is 8. The smallest absolute Gasteiger partial charge is 0.247 e. The van der Waals surface area contributed by atoms with Crippen LogP contribution in [0.3, 0.4) is 0 Å². The van der Waals surface area contributed by atoms with Crippen molar-refractivity contribution in [2.45, 2.75) is 26.3 Å². The van der Waals surface area contributed by atoms with E-state index in [1.165, 1.54) is 10.4 Å². The number of hydrogen-bond donors (Lipinski definition) is 0. The van der Waals surface area contributed by atoms with E-state index in [1.54, 1.807) is 35.5 Å². The molecule has 2 heterocycles. The lowest BCUT2D eigenvalue weighted by atomic mass is 9.93. The lowest BCUT2D eigenvalue weighted by Gasteiger charge is -2.37. The van der Waals surface area contributed by atoms with Crippen molar-refractivity contribution in [1.82, 2.24) is 9.80 Å². The summed E-state index contributed by atoms with van der Waals surface area (Å²) >= 11 is 1.74. The van der Waals surface area contributed by atoms with Crippen LogP contribution in [0.4, 0.5) is 0 Å². The number of ether oxygens (including phenoxy) is 1. The van der Waals surface area contributed by atoms with Gasteiger partial charge in [-0.2, -0.15) is 0 Å². The van der Waals surface area contributed by atoms with Crippen LogP contribution in [0.2, 0.25) is 0 Å². The van der Waals surface area contributed by atoms with Crippen LogP contribution in [-0.4, -0.2) is 48.4 Å². The number of benzene rings is 2. The van der Waals surface area contributed by atoms with Gasteiger partial charge in [0.2, 0.25) is 11.8 Å². The highest BCUT2D eigenvalue weighted by Gasteiger charge is 2.34. The van der Waals surface area contributed by atoms with Gasteiger partial charge in [0.05, 0.1) is 13.2 Å². The topological polar surface area (TPSA) is 49.9 Å². The molecule has 4 rings (SSSR count). The zero-order valence-electron chi connectivity index (χ0n) is 20.5.